The van der Waals surface area contributed by atoms with Crippen molar-refractivity contribution in [3.8, 4) is 6.19 Å². The lowest BCUT2D eigenvalue weighted by Gasteiger charge is -2.25. The predicted octanol–water partition coefficient (Wildman–Crippen LogP) is 1.72. The maximum atomic E-state index is 11.2. The summed E-state index contributed by atoms with van der Waals surface area (Å²) < 4.78 is 3.78. The van der Waals surface area contributed by atoms with E-state index in [2.05, 4.69) is 33.0 Å². The molecule has 0 saturated heterocycles. The number of amides is 1. The van der Waals surface area contributed by atoms with Gasteiger partial charge in [0, 0.05) is 57.9 Å². The highest BCUT2D eigenvalue weighted by Crippen LogP contribution is 2.12. The molecule has 0 fully saturated rings. The summed E-state index contributed by atoms with van der Waals surface area (Å²) in [4.78, 5) is 27.9. The fourth-order valence-corrected chi connectivity index (χ4v) is 3.26. The van der Waals surface area contributed by atoms with E-state index in [4.69, 9.17) is 5.26 Å². The second-order valence-corrected chi connectivity index (χ2v) is 7.19. The van der Waals surface area contributed by atoms with E-state index in [0.717, 1.165) is 35.7 Å². The molecule has 9 nitrogen and oxygen atoms in total. The Hall–Kier alpha value is -3.93. The van der Waals surface area contributed by atoms with E-state index in [0.29, 0.717) is 24.3 Å². The van der Waals surface area contributed by atoms with E-state index in [-0.39, 0.29) is 0 Å². The number of hydrogen-bond donors (Lipinski definition) is 0. The molecular weight excluding hydrogens is 392 g/mol. The first-order valence-electron chi connectivity index (χ1n) is 9.99. The molecule has 0 N–H and O–H groups in total. The van der Waals surface area contributed by atoms with Crippen LogP contribution in [0.25, 0.3) is 5.65 Å². The van der Waals surface area contributed by atoms with Gasteiger partial charge in [-0.3, -0.25) is 4.79 Å². The highest BCUT2D eigenvalue weighted by molar-refractivity contribution is 6.02. The number of aromatic nitrogens is 3. The van der Waals surface area contributed by atoms with Crippen molar-refractivity contribution >= 4 is 23.6 Å². The van der Waals surface area contributed by atoms with Crippen LogP contribution in [-0.2, 0) is 11.8 Å². The highest BCUT2D eigenvalue weighted by atomic mass is 16.1. The molecule has 0 aromatic carbocycles. The van der Waals surface area contributed by atoms with Crippen LogP contribution >= 0.6 is 0 Å². The number of rotatable bonds is 7. The van der Waals surface area contributed by atoms with Gasteiger partial charge in [-0.1, -0.05) is 0 Å². The minimum absolute atomic E-state index is 0.328. The lowest BCUT2D eigenvalue weighted by Crippen LogP contribution is -2.32. The molecule has 0 aliphatic rings. The number of imidazole rings is 1. The molecular formula is C22H26N8O. The van der Waals surface area contributed by atoms with Gasteiger partial charge in [-0.15, -0.1) is 0 Å². The summed E-state index contributed by atoms with van der Waals surface area (Å²) in [5.41, 5.74) is 4.14. The fourth-order valence-electron chi connectivity index (χ4n) is 3.26. The minimum atomic E-state index is 0.328. The lowest BCUT2D eigenvalue weighted by molar-refractivity contribution is -0.106. The molecule has 0 spiro atoms. The van der Waals surface area contributed by atoms with Gasteiger partial charge in [0.25, 0.3) is 0 Å². The van der Waals surface area contributed by atoms with E-state index >= 15 is 0 Å². The quantitative estimate of drug-likeness (QED) is 0.191. The molecule has 0 atom stereocenters. The summed E-state index contributed by atoms with van der Waals surface area (Å²) in [5, 5.41) is 8.95. The Morgan fingerprint density at radius 1 is 1.23 bits per heavy atom. The average Bonchev–Trinajstić information content (AvgIpc) is 3.14. The first-order valence-corrected chi connectivity index (χ1v) is 9.99. The zero-order chi connectivity index (χ0) is 22.4. The normalized spacial score (nSPS) is 12.1. The zero-order valence-electron chi connectivity index (χ0n) is 18.2. The Labute approximate surface area is 181 Å². The Bertz CT molecular complexity index is 1210. The number of nitriles is 1. The third-order valence-corrected chi connectivity index (χ3v) is 4.94. The van der Waals surface area contributed by atoms with Gasteiger partial charge in [-0.05, 0) is 38.1 Å². The van der Waals surface area contributed by atoms with Gasteiger partial charge in [-0.2, -0.15) is 10.3 Å². The average molecular weight is 419 g/mol. The molecule has 160 valence electrons. The van der Waals surface area contributed by atoms with Crippen LogP contribution in [0.5, 0.6) is 0 Å². The van der Waals surface area contributed by atoms with Crippen molar-refractivity contribution in [2.75, 3.05) is 31.6 Å². The molecule has 0 aliphatic carbocycles. The topological polar surface area (TPSA) is 94.3 Å². The molecule has 0 saturated carbocycles. The number of aryl methyl sites for hydroxylation is 2. The number of pyridine rings is 2. The van der Waals surface area contributed by atoms with Crippen LogP contribution < -0.4 is 10.4 Å². The number of nitrogens with zero attached hydrogens (tertiary/aromatic N) is 8. The Morgan fingerprint density at radius 3 is 2.71 bits per heavy atom. The molecule has 0 bridgehead atoms. The maximum absolute atomic E-state index is 11.2. The zero-order valence-corrected chi connectivity index (χ0v) is 18.2. The minimum Gasteiger partial charge on any atom is -0.369 e. The summed E-state index contributed by atoms with van der Waals surface area (Å²) in [7, 11) is 3.67. The smallest absolute Gasteiger partial charge is 0.234 e. The van der Waals surface area contributed by atoms with Crippen LogP contribution in [-0.4, -0.2) is 57.8 Å². The van der Waals surface area contributed by atoms with Crippen LogP contribution in [0.4, 0.5) is 5.69 Å². The van der Waals surface area contributed by atoms with E-state index in [1.165, 1.54) is 0 Å². The van der Waals surface area contributed by atoms with Gasteiger partial charge in [0.15, 0.2) is 12.0 Å². The van der Waals surface area contributed by atoms with Crippen LogP contribution in [0.15, 0.2) is 52.8 Å². The van der Waals surface area contributed by atoms with Gasteiger partial charge in [0.2, 0.25) is 6.41 Å². The first kappa shape index (κ1) is 21.8. The van der Waals surface area contributed by atoms with E-state index < -0.39 is 0 Å². The molecule has 3 aromatic heterocycles. The largest absolute Gasteiger partial charge is 0.369 e. The molecule has 9 heteroatoms. The Morgan fingerprint density at radius 2 is 2.03 bits per heavy atom. The highest BCUT2D eigenvalue weighted by Gasteiger charge is 2.08. The molecule has 3 heterocycles. The van der Waals surface area contributed by atoms with E-state index in [1.807, 2.05) is 65.8 Å². The summed E-state index contributed by atoms with van der Waals surface area (Å²) in [6, 6.07) is 7.60. The predicted molar refractivity (Wildman–Crippen MR) is 120 cm³/mol. The molecule has 0 unspecified atom stereocenters. The molecule has 0 aliphatic heterocycles. The van der Waals surface area contributed by atoms with Crippen molar-refractivity contribution in [2.45, 2.75) is 13.8 Å². The summed E-state index contributed by atoms with van der Waals surface area (Å²) in [5.74, 6) is 0.328. The SMILES string of the molecule is CCN(CCN(C)C#N)c1ccc(=NC(=NC=O)c2ccc3nc(C)cn3c2)n(C)c1. The van der Waals surface area contributed by atoms with Crippen LogP contribution in [0.2, 0.25) is 0 Å². The van der Waals surface area contributed by atoms with Crippen molar-refractivity contribution in [1.29, 1.82) is 5.26 Å². The number of likely N-dealkylation sites (N-methyl/N-ethyl adjacent to an activating group) is 2. The first-order chi connectivity index (χ1) is 14.9. The number of amidine groups is 1. The summed E-state index contributed by atoms with van der Waals surface area (Å²) in [6.45, 7) is 6.20. The van der Waals surface area contributed by atoms with Gasteiger partial charge < -0.3 is 18.8 Å². The van der Waals surface area contributed by atoms with Crippen molar-refractivity contribution < 1.29 is 4.79 Å². The van der Waals surface area contributed by atoms with Crippen molar-refractivity contribution in [1.82, 2.24) is 18.9 Å². The molecule has 1 amide bonds. The van der Waals surface area contributed by atoms with Crippen LogP contribution in [0, 0.1) is 18.4 Å². The molecule has 0 radical (unpaired) electrons. The van der Waals surface area contributed by atoms with Gasteiger partial charge in [0.1, 0.15) is 11.1 Å². The standard InChI is InChI=1S/C22H26N8O/c1-5-29(11-10-27(3)15-23)19-7-9-20(28(4)14-19)26-22(24-16-31)18-6-8-21-25-17(2)12-30(21)13-18/h6-9,12-14,16H,5,10-11H2,1-4H3. The second-order valence-electron chi connectivity index (χ2n) is 7.19. The number of anilines is 1. The molecule has 3 rings (SSSR count). The van der Waals surface area contributed by atoms with Crippen molar-refractivity contribution in [3.05, 3.63) is 59.6 Å². The van der Waals surface area contributed by atoms with Gasteiger partial charge in [0.05, 0.1) is 11.4 Å². The Balaban J connectivity index is 1.93. The fraction of sp³-hybridized carbons (Fsp3) is 0.318. The Kier molecular flexibility index (Phi) is 6.82. The number of fused-ring (bicyclic) bond motifs is 1. The maximum Gasteiger partial charge on any atom is 0.234 e. The summed E-state index contributed by atoms with van der Waals surface area (Å²) in [6.07, 6.45) is 8.37. The number of aliphatic imine (C=N–C) groups is 1. The third-order valence-electron chi connectivity index (χ3n) is 4.94. The third kappa shape index (κ3) is 5.17. The van der Waals surface area contributed by atoms with Gasteiger partial charge in [-0.25, -0.2) is 9.98 Å². The van der Waals surface area contributed by atoms with Crippen molar-refractivity contribution in [2.24, 2.45) is 17.0 Å². The monoisotopic (exact) mass is 418 g/mol. The van der Waals surface area contributed by atoms with Crippen LogP contribution in [0.1, 0.15) is 18.2 Å². The second kappa shape index (κ2) is 9.71. The van der Waals surface area contributed by atoms with Gasteiger partial charge >= 0.3 is 0 Å². The number of carbonyl (C=O) groups is 1. The van der Waals surface area contributed by atoms with E-state index in [1.54, 1.807) is 11.9 Å². The molecule has 31 heavy (non-hydrogen) atoms. The number of hydrogen-bond acceptors (Lipinski definition) is 5. The molecule has 3 aromatic rings. The summed E-state index contributed by atoms with van der Waals surface area (Å²) >= 11 is 0. The van der Waals surface area contributed by atoms with Crippen LogP contribution in [0.3, 0.4) is 0 Å². The van der Waals surface area contributed by atoms with E-state index in [9.17, 15) is 4.79 Å². The van der Waals surface area contributed by atoms with Crippen molar-refractivity contribution in [3.63, 3.8) is 0 Å². The number of carbonyl (C=O) groups excluding carboxylic acids is 1. The lowest BCUT2D eigenvalue weighted by atomic mass is 10.2.